The van der Waals surface area contributed by atoms with Crippen LogP contribution in [0.5, 0.6) is 5.75 Å². The van der Waals surface area contributed by atoms with Gasteiger partial charge in [-0.2, -0.15) is 0 Å². The first-order valence-electron chi connectivity index (χ1n) is 6.24. The molecular formula is C15H15BrO2. The van der Waals surface area contributed by atoms with Crippen LogP contribution in [0.2, 0.25) is 0 Å². The first kappa shape index (κ1) is 12.0. The van der Waals surface area contributed by atoms with E-state index in [0.717, 1.165) is 18.6 Å². The molecule has 1 aromatic rings. The van der Waals surface area contributed by atoms with Gasteiger partial charge in [-0.15, -0.1) is 0 Å². The Labute approximate surface area is 115 Å². The van der Waals surface area contributed by atoms with E-state index in [1.165, 1.54) is 15.6 Å². The largest absolute Gasteiger partial charge is 0.497 e. The quantitative estimate of drug-likeness (QED) is 0.788. The molecule has 0 saturated heterocycles. The summed E-state index contributed by atoms with van der Waals surface area (Å²) in [6.07, 6.45) is 5.36. The van der Waals surface area contributed by atoms with Gasteiger partial charge in [0.2, 0.25) is 0 Å². The van der Waals surface area contributed by atoms with Crippen molar-refractivity contribution in [2.75, 3.05) is 7.11 Å². The molecule has 0 amide bonds. The summed E-state index contributed by atoms with van der Waals surface area (Å²) in [5, 5.41) is 0. The third-order valence-electron chi connectivity index (χ3n) is 4.18. The smallest absolute Gasteiger partial charge is 0.133 e. The van der Waals surface area contributed by atoms with E-state index in [0.29, 0.717) is 18.6 Å². The van der Waals surface area contributed by atoms with Crippen molar-refractivity contribution < 1.29 is 9.53 Å². The minimum absolute atomic E-state index is 0.0117. The van der Waals surface area contributed by atoms with Crippen molar-refractivity contribution in [1.82, 2.24) is 0 Å². The standard InChI is InChI=1S/C15H15BrO2/c1-18-12-3-2-10-8-14(16)15(13(10)9-12)6-4-11(17)5-7-15/h2-3,8-9H,4-7H2,1H3. The van der Waals surface area contributed by atoms with E-state index < -0.39 is 0 Å². The summed E-state index contributed by atoms with van der Waals surface area (Å²) in [6.45, 7) is 0. The highest BCUT2D eigenvalue weighted by atomic mass is 79.9. The van der Waals surface area contributed by atoms with Crippen molar-refractivity contribution in [2.45, 2.75) is 31.1 Å². The van der Waals surface area contributed by atoms with E-state index >= 15 is 0 Å². The summed E-state index contributed by atoms with van der Waals surface area (Å²) in [5.41, 5.74) is 2.57. The summed E-state index contributed by atoms with van der Waals surface area (Å²) in [5.74, 6) is 1.28. The molecule has 0 radical (unpaired) electrons. The van der Waals surface area contributed by atoms with Gasteiger partial charge in [-0.1, -0.05) is 22.0 Å². The molecule has 0 bridgehead atoms. The van der Waals surface area contributed by atoms with Crippen LogP contribution in [0, 0.1) is 0 Å². The summed E-state index contributed by atoms with van der Waals surface area (Å²) in [7, 11) is 1.69. The lowest BCUT2D eigenvalue weighted by molar-refractivity contribution is -0.121. The predicted molar refractivity (Wildman–Crippen MR) is 75.1 cm³/mol. The molecule has 1 aromatic carbocycles. The molecule has 1 fully saturated rings. The Morgan fingerprint density at radius 2 is 2.00 bits per heavy atom. The molecule has 3 heteroatoms. The molecule has 3 rings (SSSR count). The second kappa shape index (κ2) is 4.23. The molecule has 94 valence electrons. The molecule has 0 unspecified atom stereocenters. The molecular weight excluding hydrogens is 292 g/mol. The average molecular weight is 307 g/mol. The number of ether oxygens (including phenoxy) is 1. The number of benzene rings is 1. The van der Waals surface area contributed by atoms with Crippen LogP contribution < -0.4 is 4.74 Å². The number of Topliss-reactive ketones (excluding diaryl/α,β-unsaturated/α-hetero) is 1. The van der Waals surface area contributed by atoms with Crippen molar-refractivity contribution >= 4 is 27.8 Å². The van der Waals surface area contributed by atoms with Gasteiger partial charge in [0.05, 0.1) is 7.11 Å². The number of carbonyl (C=O) groups excluding carboxylic acids is 1. The maximum atomic E-state index is 11.5. The first-order chi connectivity index (χ1) is 8.65. The fourth-order valence-electron chi connectivity index (χ4n) is 3.07. The van der Waals surface area contributed by atoms with E-state index in [4.69, 9.17) is 4.74 Å². The summed E-state index contributed by atoms with van der Waals surface area (Å²) >= 11 is 3.71. The fraction of sp³-hybridized carbons (Fsp3) is 0.400. The Balaban J connectivity index is 2.08. The molecule has 2 nitrogen and oxygen atoms in total. The number of halogens is 1. The molecule has 0 aromatic heterocycles. The zero-order chi connectivity index (χ0) is 12.8. The van der Waals surface area contributed by atoms with Crippen LogP contribution in [-0.2, 0) is 10.2 Å². The van der Waals surface area contributed by atoms with Crippen LogP contribution in [-0.4, -0.2) is 12.9 Å². The van der Waals surface area contributed by atoms with Crippen LogP contribution in [0.15, 0.2) is 22.7 Å². The van der Waals surface area contributed by atoms with Gasteiger partial charge >= 0.3 is 0 Å². The minimum Gasteiger partial charge on any atom is -0.497 e. The highest BCUT2D eigenvalue weighted by Crippen LogP contribution is 2.53. The van der Waals surface area contributed by atoms with Crippen molar-refractivity contribution in [3.05, 3.63) is 33.8 Å². The lowest BCUT2D eigenvalue weighted by Gasteiger charge is -2.35. The van der Waals surface area contributed by atoms with Gasteiger partial charge in [-0.05, 0) is 42.2 Å². The second-order valence-electron chi connectivity index (χ2n) is 5.07. The Morgan fingerprint density at radius 1 is 1.28 bits per heavy atom. The SMILES string of the molecule is COc1ccc2c(c1)C1(CCC(=O)CC1)C(Br)=C2. The second-order valence-corrected chi connectivity index (χ2v) is 5.92. The Bertz CT molecular complexity index is 535. The molecule has 2 aliphatic rings. The highest BCUT2D eigenvalue weighted by Gasteiger charge is 2.43. The number of methoxy groups -OCH3 is 1. The fourth-order valence-corrected chi connectivity index (χ4v) is 3.93. The highest BCUT2D eigenvalue weighted by molar-refractivity contribution is 9.11. The van der Waals surface area contributed by atoms with Gasteiger partial charge in [0.1, 0.15) is 11.5 Å². The number of fused-ring (bicyclic) bond motifs is 2. The van der Waals surface area contributed by atoms with E-state index in [-0.39, 0.29) is 5.41 Å². The first-order valence-corrected chi connectivity index (χ1v) is 7.03. The molecule has 18 heavy (non-hydrogen) atoms. The van der Waals surface area contributed by atoms with Gasteiger partial charge < -0.3 is 4.74 Å². The normalized spacial score (nSPS) is 20.8. The summed E-state index contributed by atoms with van der Waals surface area (Å²) in [6, 6.07) is 6.21. The number of hydrogen-bond acceptors (Lipinski definition) is 2. The minimum atomic E-state index is 0.0117. The monoisotopic (exact) mass is 306 g/mol. The van der Waals surface area contributed by atoms with Crippen LogP contribution in [0.4, 0.5) is 0 Å². The average Bonchev–Trinajstić information content (AvgIpc) is 2.65. The number of allylic oxidation sites excluding steroid dienone is 1. The maximum absolute atomic E-state index is 11.5. The number of hydrogen-bond donors (Lipinski definition) is 0. The lowest BCUT2D eigenvalue weighted by atomic mass is 9.70. The molecule has 0 N–H and O–H groups in total. The number of rotatable bonds is 1. The molecule has 0 aliphatic heterocycles. The zero-order valence-electron chi connectivity index (χ0n) is 10.3. The van der Waals surface area contributed by atoms with E-state index in [9.17, 15) is 4.79 Å². The van der Waals surface area contributed by atoms with Crippen molar-refractivity contribution in [1.29, 1.82) is 0 Å². The van der Waals surface area contributed by atoms with E-state index in [2.05, 4.69) is 34.1 Å². The summed E-state index contributed by atoms with van der Waals surface area (Å²) in [4.78, 5) is 11.5. The van der Waals surface area contributed by atoms with Gasteiger partial charge in [0.15, 0.2) is 0 Å². The van der Waals surface area contributed by atoms with Crippen LogP contribution >= 0.6 is 15.9 Å². The summed E-state index contributed by atoms with van der Waals surface area (Å²) < 4.78 is 6.54. The molecule has 1 spiro atoms. The Kier molecular flexibility index (Phi) is 2.81. The Morgan fingerprint density at radius 3 is 2.67 bits per heavy atom. The van der Waals surface area contributed by atoms with Gasteiger partial charge in [0.25, 0.3) is 0 Å². The third-order valence-corrected chi connectivity index (χ3v) is 5.16. The van der Waals surface area contributed by atoms with Crippen LogP contribution in [0.1, 0.15) is 36.8 Å². The van der Waals surface area contributed by atoms with Crippen molar-refractivity contribution in [2.24, 2.45) is 0 Å². The molecule has 0 heterocycles. The Hall–Kier alpha value is -1.09. The van der Waals surface area contributed by atoms with Crippen molar-refractivity contribution in [3.63, 3.8) is 0 Å². The third kappa shape index (κ3) is 1.64. The zero-order valence-corrected chi connectivity index (χ0v) is 11.9. The van der Waals surface area contributed by atoms with Gasteiger partial charge in [0, 0.05) is 22.7 Å². The number of ketones is 1. The predicted octanol–water partition coefficient (Wildman–Crippen LogP) is 3.83. The van der Waals surface area contributed by atoms with E-state index in [1.807, 2.05) is 6.07 Å². The van der Waals surface area contributed by atoms with Gasteiger partial charge in [-0.25, -0.2) is 0 Å². The topological polar surface area (TPSA) is 26.3 Å². The van der Waals surface area contributed by atoms with Crippen LogP contribution in [0.25, 0.3) is 6.08 Å². The van der Waals surface area contributed by atoms with Crippen LogP contribution in [0.3, 0.4) is 0 Å². The molecule has 2 aliphatic carbocycles. The maximum Gasteiger partial charge on any atom is 0.133 e. The van der Waals surface area contributed by atoms with E-state index in [1.54, 1.807) is 7.11 Å². The van der Waals surface area contributed by atoms with Gasteiger partial charge in [-0.3, -0.25) is 4.79 Å². The lowest BCUT2D eigenvalue weighted by Crippen LogP contribution is -2.30. The van der Waals surface area contributed by atoms with Crippen molar-refractivity contribution in [3.8, 4) is 5.75 Å². The molecule has 1 saturated carbocycles. The number of carbonyl (C=O) groups is 1. The molecule has 0 atom stereocenters.